The smallest absolute Gasteiger partial charge is 0.262 e. The maximum atomic E-state index is 13.6. The molecule has 0 aliphatic carbocycles. The molecule has 3 rings (SSSR count). The fourth-order valence-electron chi connectivity index (χ4n) is 2.47. The minimum atomic E-state index is -0.860. The van der Waals surface area contributed by atoms with Gasteiger partial charge < -0.3 is 5.32 Å². The van der Waals surface area contributed by atoms with Crippen LogP contribution in [0.25, 0.3) is 10.9 Å². The van der Waals surface area contributed by atoms with E-state index in [0.29, 0.717) is 16.1 Å². The number of amides is 1. The van der Waals surface area contributed by atoms with Crippen molar-refractivity contribution in [2.45, 2.75) is 11.7 Å². The van der Waals surface area contributed by atoms with E-state index < -0.39 is 23.2 Å². The van der Waals surface area contributed by atoms with Crippen LogP contribution in [0.2, 0.25) is 0 Å². The Morgan fingerprint density at radius 3 is 2.59 bits per heavy atom. The van der Waals surface area contributed by atoms with Crippen molar-refractivity contribution in [3.63, 3.8) is 0 Å². The zero-order chi connectivity index (χ0) is 19.4. The van der Waals surface area contributed by atoms with Gasteiger partial charge in [-0.25, -0.2) is 13.8 Å². The summed E-state index contributed by atoms with van der Waals surface area (Å²) in [6, 6.07) is 10.2. The minimum Gasteiger partial charge on any atom is -0.320 e. The van der Waals surface area contributed by atoms with Gasteiger partial charge in [0.1, 0.15) is 17.3 Å². The van der Waals surface area contributed by atoms with Gasteiger partial charge in [-0.3, -0.25) is 14.2 Å². The van der Waals surface area contributed by atoms with Crippen LogP contribution in [0.3, 0.4) is 0 Å². The van der Waals surface area contributed by atoms with Gasteiger partial charge >= 0.3 is 0 Å². The van der Waals surface area contributed by atoms with Gasteiger partial charge in [-0.15, -0.1) is 6.58 Å². The van der Waals surface area contributed by atoms with Crippen molar-refractivity contribution >= 4 is 34.3 Å². The standard InChI is InChI=1S/C19H15F2N3O2S/c1-2-10-24-18(26)12-6-3-4-9-15(12)22-19(24)27-11-16(25)23-17-13(20)7-5-8-14(17)21/h2-9H,1,10-11H2,(H,23,25). The zero-order valence-electron chi connectivity index (χ0n) is 14.1. The lowest BCUT2D eigenvalue weighted by Gasteiger charge is -2.12. The molecule has 1 heterocycles. The highest BCUT2D eigenvalue weighted by Crippen LogP contribution is 2.21. The van der Waals surface area contributed by atoms with Crippen LogP contribution in [0, 0.1) is 11.6 Å². The summed E-state index contributed by atoms with van der Waals surface area (Å²) in [5.74, 6) is -2.51. The first kappa shape index (κ1) is 18.8. The first-order valence-electron chi connectivity index (χ1n) is 7.98. The number of anilines is 1. The number of carbonyl (C=O) groups excluding carboxylic acids is 1. The second-order valence-electron chi connectivity index (χ2n) is 5.55. The van der Waals surface area contributed by atoms with E-state index in [2.05, 4.69) is 16.9 Å². The summed E-state index contributed by atoms with van der Waals surface area (Å²) in [7, 11) is 0. The monoisotopic (exact) mass is 387 g/mol. The van der Waals surface area contributed by atoms with Crippen molar-refractivity contribution in [3.05, 3.63) is 77.1 Å². The fraction of sp³-hybridized carbons (Fsp3) is 0.105. The first-order chi connectivity index (χ1) is 13.0. The largest absolute Gasteiger partial charge is 0.320 e. The van der Waals surface area contributed by atoms with Gasteiger partial charge in [0.15, 0.2) is 5.16 Å². The van der Waals surface area contributed by atoms with E-state index >= 15 is 0 Å². The lowest BCUT2D eigenvalue weighted by Crippen LogP contribution is -2.24. The number of halogens is 2. The maximum Gasteiger partial charge on any atom is 0.262 e. The van der Waals surface area contributed by atoms with E-state index in [1.165, 1.54) is 10.6 Å². The molecule has 1 N–H and O–H groups in total. The number of allylic oxidation sites excluding steroid dienone is 1. The topological polar surface area (TPSA) is 64.0 Å². The Kier molecular flexibility index (Phi) is 5.66. The first-order valence-corrected chi connectivity index (χ1v) is 8.97. The van der Waals surface area contributed by atoms with Gasteiger partial charge in [-0.1, -0.05) is 36.0 Å². The molecule has 0 spiro atoms. The molecule has 138 valence electrons. The number of nitrogens with one attached hydrogen (secondary N) is 1. The van der Waals surface area contributed by atoms with Crippen LogP contribution >= 0.6 is 11.8 Å². The molecular formula is C19H15F2N3O2S. The molecular weight excluding hydrogens is 372 g/mol. The van der Waals surface area contributed by atoms with E-state index in [1.54, 1.807) is 30.3 Å². The molecule has 0 radical (unpaired) electrons. The molecule has 0 aliphatic rings. The third-order valence-corrected chi connectivity index (χ3v) is 4.67. The summed E-state index contributed by atoms with van der Waals surface area (Å²) in [5, 5.41) is 2.99. The predicted octanol–water partition coefficient (Wildman–Crippen LogP) is 3.59. The Hall–Kier alpha value is -3.00. The van der Waals surface area contributed by atoms with Crippen molar-refractivity contribution in [3.8, 4) is 0 Å². The van der Waals surface area contributed by atoms with E-state index in [4.69, 9.17) is 0 Å². The molecule has 2 aromatic carbocycles. The number of rotatable bonds is 6. The van der Waals surface area contributed by atoms with Gasteiger partial charge in [0.2, 0.25) is 5.91 Å². The maximum absolute atomic E-state index is 13.6. The fourth-order valence-corrected chi connectivity index (χ4v) is 3.28. The van der Waals surface area contributed by atoms with Crippen LogP contribution in [0.15, 0.2) is 65.1 Å². The highest BCUT2D eigenvalue weighted by Gasteiger charge is 2.15. The number of nitrogens with zero attached hydrogens (tertiary/aromatic N) is 2. The van der Waals surface area contributed by atoms with Crippen LogP contribution < -0.4 is 10.9 Å². The van der Waals surface area contributed by atoms with Crippen LogP contribution in [-0.4, -0.2) is 21.2 Å². The molecule has 0 bridgehead atoms. The van der Waals surface area contributed by atoms with Crippen LogP contribution in [0.1, 0.15) is 0 Å². The Bertz CT molecular complexity index is 1060. The number of hydrogen-bond donors (Lipinski definition) is 1. The zero-order valence-corrected chi connectivity index (χ0v) is 14.9. The molecule has 27 heavy (non-hydrogen) atoms. The summed E-state index contributed by atoms with van der Waals surface area (Å²) in [6.45, 7) is 3.85. The number of aromatic nitrogens is 2. The second kappa shape index (κ2) is 8.13. The Labute approximate surface area is 157 Å². The quantitative estimate of drug-likeness (QED) is 0.399. The van der Waals surface area contributed by atoms with E-state index in [-0.39, 0.29) is 17.9 Å². The molecule has 0 saturated heterocycles. The summed E-state index contributed by atoms with van der Waals surface area (Å²) in [4.78, 5) is 29.2. The third kappa shape index (κ3) is 4.06. The van der Waals surface area contributed by atoms with Crippen molar-refractivity contribution in [1.29, 1.82) is 0 Å². The number of carbonyl (C=O) groups is 1. The summed E-state index contributed by atoms with van der Waals surface area (Å²) < 4.78 is 28.7. The normalized spacial score (nSPS) is 10.7. The number of fused-ring (bicyclic) bond motifs is 1. The highest BCUT2D eigenvalue weighted by atomic mass is 32.2. The molecule has 1 amide bonds. The van der Waals surface area contributed by atoms with Crippen molar-refractivity contribution < 1.29 is 13.6 Å². The molecule has 3 aromatic rings. The molecule has 0 atom stereocenters. The van der Waals surface area contributed by atoms with Crippen LogP contribution in [-0.2, 0) is 11.3 Å². The Morgan fingerprint density at radius 2 is 1.89 bits per heavy atom. The van der Waals surface area contributed by atoms with Crippen LogP contribution in [0.5, 0.6) is 0 Å². The number of benzene rings is 2. The van der Waals surface area contributed by atoms with Gasteiger partial charge in [-0.2, -0.15) is 0 Å². The van der Waals surface area contributed by atoms with Gasteiger partial charge in [-0.05, 0) is 24.3 Å². The van der Waals surface area contributed by atoms with E-state index in [9.17, 15) is 18.4 Å². The highest BCUT2D eigenvalue weighted by molar-refractivity contribution is 7.99. The molecule has 5 nitrogen and oxygen atoms in total. The van der Waals surface area contributed by atoms with Crippen molar-refractivity contribution in [2.75, 3.05) is 11.1 Å². The SMILES string of the molecule is C=CCn1c(SCC(=O)Nc2c(F)cccc2F)nc2ccccc2c1=O. The van der Waals surface area contributed by atoms with E-state index in [1.807, 2.05) is 0 Å². The molecule has 1 aromatic heterocycles. The number of para-hydroxylation sites is 2. The summed E-state index contributed by atoms with van der Waals surface area (Å²) >= 11 is 1.00. The van der Waals surface area contributed by atoms with E-state index in [0.717, 1.165) is 23.9 Å². The predicted molar refractivity (Wildman–Crippen MR) is 102 cm³/mol. The lowest BCUT2D eigenvalue weighted by molar-refractivity contribution is -0.113. The number of hydrogen-bond acceptors (Lipinski definition) is 4. The average molecular weight is 387 g/mol. The number of thioether (sulfide) groups is 1. The third-order valence-electron chi connectivity index (χ3n) is 3.70. The molecule has 0 aliphatic heterocycles. The second-order valence-corrected chi connectivity index (χ2v) is 6.49. The summed E-state index contributed by atoms with van der Waals surface area (Å²) in [6.07, 6.45) is 1.55. The van der Waals surface area contributed by atoms with Gasteiger partial charge in [0.05, 0.1) is 16.7 Å². The lowest BCUT2D eigenvalue weighted by atomic mass is 10.2. The molecule has 0 fully saturated rings. The van der Waals surface area contributed by atoms with Crippen molar-refractivity contribution in [1.82, 2.24) is 9.55 Å². The summed E-state index contributed by atoms with van der Waals surface area (Å²) in [5.41, 5.74) is -0.243. The average Bonchev–Trinajstić information content (AvgIpc) is 2.66. The van der Waals surface area contributed by atoms with Crippen LogP contribution in [0.4, 0.5) is 14.5 Å². The Balaban J connectivity index is 1.84. The minimum absolute atomic E-state index is 0.171. The molecule has 0 saturated carbocycles. The molecule has 0 unspecified atom stereocenters. The van der Waals surface area contributed by atoms with Crippen molar-refractivity contribution in [2.24, 2.45) is 0 Å². The van der Waals surface area contributed by atoms with Gasteiger partial charge in [0.25, 0.3) is 5.56 Å². The Morgan fingerprint density at radius 1 is 1.19 bits per heavy atom. The van der Waals surface area contributed by atoms with Gasteiger partial charge in [0, 0.05) is 6.54 Å². The molecule has 8 heteroatoms.